The smallest absolute Gasteiger partial charge is 0.127 e. The van der Waals surface area contributed by atoms with E-state index in [1.165, 1.54) is 11.1 Å². The number of nitrogens with two attached hydrogens (primary N) is 1. The number of ether oxygens (including phenoxy) is 2. The molecular formula is C30H30N4O3. The highest BCUT2D eigenvalue weighted by Gasteiger charge is 2.36. The second kappa shape index (κ2) is 9.09. The standard InChI is InChI=1S/C30H30N4O3/c1-17(15-35)22-11-28-30-25(14-34(28)18(2)26(22)16-36-3)24(13-32-21-6-4-20(31)5-7-21)23-12-29-19(8-9-37-29)10-27(23)33-30/h4-7,10-12,15,17,32H,2,8-9,13-14,16,31H2,1,3H3. The van der Waals surface area contributed by atoms with Crippen LogP contribution < -0.4 is 15.8 Å². The van der Waals surface area contributed by atoms with Gasteiger partial charge in [0.2, 0.25) is 0 Å². The third-order valence-corrected chi connectivity index (χ3v) is 7.54. The highest BCUT2D eigenvalue weighted by atomic mass is 16.5. The fraction of sp³-hybridized carbons (Fsp3) is 0.267. The lowest BCUT2D eigenvalue weighted by Gasteiger charge is -2.31. The van der Waals surface area contributed by atoms with E-state index in [4.69, 9.17) is 20.2 Å². The zero-order valence-electron chi connectivity index (χ0n) is 21.1. The molecule has 0 saturated carbocycles. The van der Waals surface area contributed by atoms with Crippen LogP contribution in [0.4, 0.5) is 11.4 Å². The van der Waals surface area contributed by atoms with E-state index < -0.39 is 0 Å². The molecule has 1 aromatic heterocycles. The van der Waals surface area contributed by atoms with Gasteiger partial charge >= 0.3 is 0 Å². The van der Waals surface area contributed by atoms with Gasteiger partial charge in [0.05, 0.1) is 36.7 Å². The molecule has 3 aliphatic heterocycles. The Morgan fingerprint density at radius 2 is 2.11 bits per heavy atom. The molecule has 0 spiro atoms. The molecule has 0 radical (unpaired) electrons. The minimum atomic E-state index is -0.270. The number of methoxy groups -OCH3 is 1. The summed E-state index contributed by atoms with van der Waals surface area (Å²) in [4.78, 5) is 19.2. The van der Waals surface area contributed by atoms with E-state index in [1.807, 2.05) is 31.2 Å². The monoisotopic (exact) mass is 494 g/mol. The van der Waals surface area contributed by atoms with E-state index >= 15 is 0 Å². The molecule has 4 heterocycles. The lowest BCUT2D eigenvalue weighted by atomic mass is 9.91. The van der Waals surface area contributed by atoms with Gasteiger partial charge in [-0.3, -0.25) is 0 Å². The van der Waals surface area contributed by atoms with Crippen molar-refractivity contribution in [3.8, 4) is 5.75 Å². The van der Waals surface area contributed by atoms with Crippen molar-refractivity contribution < 1.29 is 14.3 Å². The number of nitrogens with one attached hydrogen (secondary N) is 1. The lowest BCUT2D eigenvalue weighted by molar-refractivity contribution is -0.109. The third-order valence-electron chi connectivity index (χ3n) is 7.54. The third kappa shape index (κ3) is 3.86. The van der Waals surface area contributed by atoms with Crippen LogP contribution in [0.2, 0.25) is 0 Å². The van der Waals surface area contributed by atoms with Crippen molar-refractivity contribution in [3.05, 3.63) is 88.3 Å². The molecule has 0 bridgehead atoms. The quantitative estimate of drug-likeness (QED) is 0.359. The van der Waals surface area contributed by atoms with Gasteiger partial charge in [-0.15, -0.1) is 0 Å². The first-order valence-corrected chi connectivity index (χ1v) is 12.5. The van der Waals surface area contributed by atoms with Crippen LogP contribution in [0.3, 0.4) is 0 Å². The topological polar surface area (TPSA) is 89.7 Å². The number of fused-ring (bicyclic) bond motifs is 5. The van der Waals surface area contributed by atoms with Gasteiger partial charge in [0.1, 0.15) is 12.0 Å². The number of hydrogen-bond donors (Lipinski definition) is 2. The number of pyridine rings is 1. The second-order valence-electron chi connectivity index (χ2n) is 9.82. The van der Waals surface area contributed by atoms with Crippen LogP contribution in [0.25, 0.3) is 16.6 Å². The molecule has 0 aliphatic carbocycles. The number of benzene rings is 2. The minimum absolute atomic E-state index is 0.270. The minimum Gasteiger partial charge on any atom is -0.493 e. The number of carbonyl (C=O) groups is 1. The number of nitrogen functional groups attached to an aromatic ring is 1. The van der Waals surface area contributed by atoms with Gasteiger partial charge in [0.25, 0.3) is 0 Å². The Balaban J connectivity index is 1.51. The first kappa shape index (κ1) is 23.3. The van der Waals surface area contributed by atoms with Crippen molar-refractivity contribution in [3.63, 3.8) is 0 Å². The summed E-state index contributed by atoms with van der Waals surface area (Å²) in [5.41, 5.74) is 16.7. The number of rotatable bonds is 7. The summed E-state index contributed by atoms with van der Waals surface area (Å²) in [6.45, 7) is 8.69. The maximum Gasteiger partial charge on any atom is 0.127 e. The first-order chi connectivity index (χ1) is 18.0. The number of aldehydes is 1. The van der Waals surface area contributed by atoms with Gasteiger partial charge in [0, 0.05) is 59.6 Å². The van der Waals surface area contributed by atoms with E-state index in [-0.39, 0.29) is 5.92 Å². The SMILES string of the molecule is C=C1C(COC)=C(C(C)C=O)C=C2c3nc4cc5c(cc4c(CNc4ccc(N)cc4)c3CN12)OCC5. The molecule has 3 N–H and O–H groups in total. The number of anilines is 2. The number of hydrogen-bond acceptors (Lipinski definition) is 7. The Morgan fingerprint density at radius 1 is 1.30 bits per heavy atom. The Labute approximate surface area is 216 Å². The summed E-state index contributed by atoms with van der Waals surface area (Å²) in [5, 5.41) is 4.66. The van der Waals surface area contributed by atoms with Crippen molar-refractivity contribution >= 4 is 34.3 Å². The fourth-order valence-corrected chi connectivity index (χ4v) is 5.53. The van der Waals surface area contributed by atoms with E-state index in [9.17, 15) is 4.79 Å². The van der Waals surface area contributed by atoms with Crippen molar-refractivity contribution in [2.45, 2.75) is 26.4 Å². The Hall–Kier alpha value is -4.10. The summed E-state index contributed by atoms with van der Waals surface area (Å²) in [6, 6.07) is 12.1. The van der Waals surface area contributed by atoms with Gasteiger partial charge in [0.15, 0.2) is 0 Å². The van der Waals surface area contributed by atoms with Crippen LogP contribution in [0.1, 0.15) is 29.3 Å². The summed E-state index contributed by atoms with van der Waals surface area (Å²) < 4.78 is 11.4. The Kier molecular flexibility index (Phi) is 5.72. The average molecular weight is 495 g/mol. The van der Waals surface area contributed by atoms with Crippen molar-refractivity contribution in [2.75, 3.05) is 31.4 Å². The predicted octanol–water partition coefficient (Wildman–Crippen LogP) is 4.83. The highest BCUT2D eigenvalue weighted by molar-refractivity contribution is 5.91. The number of carbonyl (C=O) groups excluding carboxylic acids is 1. The predicted molar refractivity (Wildman–Crippen MR) is 146 cm³/mol. The van der Waals surface area contributed by atoms with Crippen LogP contribution in [0, 0.1) is 5.92 Å². The van der Waals surface area contributed by atoms with Gasteiger partial charge in [-0.05, 0) is 59.2 Å². The molecule has 1 unspecified atom stereocenters. The van der Waals surface area contributed by atoms with Crippen LogP contribution in [-0.4, -0.2) is 36.5 Å². The molecule has 7 heteroatoms. The summed E-state index contributed by atoms with van der Waals surface area (Å²) in [6.07, 6.45) is 3.96. The maximum atomic E-state index is 11.8. The molecule has 37 heavy (non-hydrogen) atoms. The van der Waals surface area contributed by atoms with E-state index in [2.05, 4.69) is 35.0 Å². The molecule has 2 aromatic carbocycles. The highest BCUT2D eigenvalue weighted by Crippen LogP contribution is 2.45. The van der Waals surface area contributed by atoms with Gasteiger partial charge in [-0.2, -0.15) is 0 Å². The summed E-state index contributed by atoms with van der Waals surface area (Å²) in [5.74, 6) is 0.668. The molecule has 0 amide bonds. The van der Waals surface area contributed by atoms with E-state index in [1.54, 1.807) is 7.11 Å². The Bertz CT molecular complexity index is 1500. The number of allylic oxidation sites excluding steroid dienone is 2. The largest absolute Gasteiger partial charge is 0.493 e. The van der Waals surface area contributed by atoms with Crippen molar-refractivity contribution in [1.29, 1.82) is 0 Å². The zero-order valence-corrected chi connectivity index (χ0v) is 21.1. The Morgan fingerprint density at radius 3 is 2.86 bits per heavy atom. The van der Waals surface area contributed by atoms with Gasteiger partial charge < -0.3 is 30.2 Å². The number of aromatic nitrogens is 1. The lowest BCUT2D eigenvalue weighted by Crippen LogP contribution is -2.24. The van der Waals surface area contributed by atoms with Gasteiger partial charge in [-0.25, -0.2) is 4.98 Å². The van der Waals surface area contributed by atoms with Crippen LogP contribution in [-0.2, 0) is 29.0 Å². The first-order valence-electron chi connectivity index (χ1n) is 12.5. The van der Waals surface area contributed by atoms with E-state index in [0.29, 0.717) is 26.3 Å². The average Bonchev–Trinajstić information content (AvgIpc) is 3.51. The molecule has 3 aliphatic rings. The van der Waals surface area contributed by atoms with Crippen LogP contribution in [0.15, 0.2) is 65.9 Å². The van der Waals surface area contributed by atoms with Gasteiger partial charge in [-0.1, -0.05) is 13.5 Å². The fourth-order valence-electron chi connectivity index (χ4n) is 5.53. The molecule has 1 atom stereocenters. The number of nitrogens with zero attached hydrogens (tertiary/aromatic N) is 2. The molecule has 6 rings (SSSR count). The molecule has 0 saturated heterocycles. The summed E-state index contributed by atoms with van der Waals surface area (Å²) in [7, 11) is 1.66. The van der Waals surface area contributed by atoms with Crippen LogP contribution in [0.5, 0.6) is 5.75 Å². The zero-order chi connectivity index (χ0) is 25.7. The normalized spacial score (nSPS) is 16.8. The molecule has 0 fully saturated rings. The van der Waals surface area contributed by atoms with Crippen molar-refractivity contribution in [2.24, 2.45) is 5.92 Å². The maximum absolute atomic E-state index is 11.8. The molecule has 188 valence electrons. The molecule has 7 nitrogen and oxygen atoms in total. The van der Waals surface area contributed by atoms with E-state index in [0.717, 1.165) is 74.5 Å². The molecule has 3 aromatic rings. The second-order valence-corrected chi connectivity index (χ2v) is 9.82. The van der Waals surface area contributed by atoms with Crippen LogP contribution >= 0.6 is 0 Å². The van der Waals surface area contributed by atoms with Crippen molar-refractivity contribution in [1.82, 2.24) is 9.88 Å². The molecular weight excluding hydrogens is 464 g/mol. The summed E-state index contributed by atoms with van der Waals surface area (Å²) >= 11 is 0.